The van der Waals surface area contributed by atoms with Gasteiger partial charge in [0, 0.05) is 31.5 Å². The first-order valence-electron chi connectivity index (χ1n) is 7.84. The van der Waals surface area contributed by atoms with Crippen molar-refractivity contribution in [2.75, 3.05) is 6.54 Å². The number of carbonyl (C=O) groups is 2. The number of carbonyl (C=O) groups excluding carboxylic acids is 2. The second kappa shape index (κ2) is 8.49. The maximum atomic E-state index is 12.0. The normalized spacial score (nSPS) is 10.6. The van der Waals surface area contributed by atoms with E-state index in [9.17, 15) is 14.4 Å². The molecule has 138 valence electrons. The van der Waals surface area contributed by atoms with Crippen LogP contribution in [0.5, 0.6) is 0 Å². The van der Waals surface area contributed by atoms with Crippen molar-refractivity contribution >= 4 is 54.7 Å². The van der Waals surface area contributed by atoms with Crippen molar-refractivity contribution in [1.82, 2.24) is 5.32 Å². The molecule has 0 spiro atoms. The molecule has 0 saturated heterocycles. The van der Waals surface area contributed by atoms with Gasteiger partial charge in [-0.2, -0.15) is 0 Å². The van der Waals surface area contributed by atoms with Crippen LogP contribution in [-0.2, 0) is 16.1 Å². The van der Waals surface area contributed by atoms with Crippen molar-refractivity contribution in [3.05, 3.63) is 79.0 Å². The van der Waals surface area contributed by atoms with Crippen molar-refractivity contribution < 1.29 is 18.7 Å². The van der Waals surface area contributed by atoms with E-state index in [2.05, 4.69) is 37.2 Å². The molecule has 3 aromatic rings. The molecule has 27 heavy (non-hydrogen) atoms. The fourth-order valence-electron chi connectivity index (χ4n) is 2.42. The smallest absolute Gasteiger partial charge is 0.336 e. The molecule has 2 aromatic carbocycles. The molecule has 0 fully saturated rings. The summed E-state index contributed by atoms with van der Waals surface area (Å²) in [5, 5.41) is 3.17. The summed E-state index contributed by atoms with van der Waals surface area (Å²) in [6, 6.07) is 13.3. The highest BCUT2D eigenvalue weighted by molar-refractivity contribution is 9.10. The zero-order valence-corrected chi connectivity index (χ0v) is 17.0. The lowest BCUT2D eigenvalue weighted by molar-refractivity contribution is -0.143. The summed E-state index contributed by atoms with van der Waals surface area (Å²) in [6.07, 6.45) is 0. The maximum Gasteiger partial charge on any atom is 0.336 e. The third-order valence-electron chi connectivity index (χ3n) is 3.66. The van der Waals surface area contributed by atoms with Gasteiger partial charge in [0.05, 0.1) is 0 Å². The largest absolute Gasteiger partial charge is 0.459 e. The number of esters is 1. The van der Waals surface area contributed by atoms with E-state index in [1.54, 1.807) is 42.5 Å². The number of ether oxygens (including phenoxy) is 1. The number of benzene rings is 2. The highest BCUT2D eigenvalue weighted by Crippen LogP contribution is 2.22. The van der Waals surface area contributed by atoms with E-state index in [4.69, 9.17) is 9.15 Å². The Balaban J connectivity index is 1.62. The molecule has 1 aromatic heterocycles. The van der Waals surface area contributed by atoms with Crippen LogP contribution in [0.2, 0.25) is 0 Å². The summed E-state index contributed by atoms with van der Waals surface area (Å²) in [5.41, 5.74) is 0.815. The molecular formula is C19H13Br2NO5. The Kier molecular flexibility index (Phi) is 6.08. The average molecular weight is 495 g/mol. The van der Waals surface area contributed by atoms with Gasteiger partial charge in [-0.3, -0.25) is 9.59 Å². The van der Waals surface area contributed by atoms with E-state index >= 15 is 0 Å². The van der Waals surface area contributed by atoms with E-state index in [0.29, 0.717) is 22.1 Å². The molecule has 6 nitrogen and oxygen atoms in total. The van der Waals surface area contributed by atoms with Crippen LogP contribution in [0, 0.1) is 0 Å². The van der Waals surface area contributed by atoms with Crippen molar-refractivity contribution in [2.24, 2.45) is 0 Å². The molecule has 0 radical (unpaired) electrons. The molecule has 0 atom stereocenters. The van der Waals surface area contributed by atoms with Gasteiger partial charge in [0.1, 0.15) is 18.7 Å². The molecule has 0 aliphatic heterocycles. The van der Waals surface area contributed by atoms with Crippen LogP contribution >= 0.6 is 31.9 Å². The number of halogens is 2. The summed E-state index contributed by atoms with van der Waals surface area (Å²) in [5.74, 6) is -0.999. The first kappa shape index (κ1) is 19.3. The van der Waals surface area contributed by atoms with Gasteiger partial charge in [0.25, 0.3) is 5.91 Å². The van der Waals surface area contributed by atoms with Crippen LogP contribution in [-0.4, -0.2) is 18.4 Å². The topological polar surface area (TPSA) is 85.6 Å². The van der Waals surface area contributed by atoms with Gasteiger partial charge in [-0.1, -0.05) is 37.9 Å². The van der Waals surface area contributed by atoms with E-state index in [1.165, 1.54) is 6.07 Å². The molecule has 0 unspecified atom stereocenters. The third-order valence-corrected chi connectivity index (χ3v) is 4.65. The number of hydrogen-bond acceptors (Lipinski definition) is 5. The van der Waals surface area contributed by atoms with Crippen LogP contribution in [0.1, 0.15) is 15.9 Å². The van der Waals surface area contributed by atoms with E-state index in [1.807, 2.05) is 0 Å². The summed E-state index contributed by atoms with van der Waals surface area (Å²) >= 11 is 6.59. The van der Waals surface area contributed by atoms with Crippen LogP contribution < -0.4 is 10.9 Å². The summed E-state index contributed by atoms with van der Waals surface area (Å²) in [6.45, 7) is -0.383. The molecule has 8 heteroatoms. The number of fused-ring (bicyclic) bond motifs is 1. The van der Waals surface area contributed by atoms with Crippen molar-refractivity contribution in [3.63, 3.8) is 0 Å². The molecule has 1 heterocycles. The summed E-state index contributed by atoms with van der Waals surface area (Å²) in [7, 11) is 0. The predicted octanol–water partition coefficient (Wildman–Crippen LogP) is 3.79. The standard InChI is InChI=1S/C19H13Br2NO5/c20-13-3-1-2-11(6-13)19(25)22-9-18(24)26-10-12-7-17(23)27-16-8-14(21)4-5-15(12)16/h1-8H,9-10H2,(H,22,25). The lowest BCUT2D eigenvalue weighted by Gasteiger charge is -2.08. The van der Waals surface area contributed by atoms with Crippen molar-refractivity contribution in [3.8, 4) is 0 Å². The van der Waals surface area contributed by atoms with Crippen LogP contribution in [0.15, 0.2) is 66.7 Å². The van der Waals surface area contributed by atoms with E-state index < -0.39 is 11.6 Å². The molecule has 0 aliphatic rings. The molecule has 0 aliphatic carbocycles. The number of amides is 1. The Morgan fingerprint density at radius 1 is 1.04 bits per heavy atom. The fourth-order valence-corrected chi connectivity index (χ4v) is 3.16. The Labute approximate surface area is 170 Å². The summed E-state index contributed by atoms with van der Waals surface area (Å²) in [4.78, 5) is 35.6. The summed E-state index contributed by atoms with van der Waals surface area (Å²) < 4.78 is 11.8. The fraction of sp³-hybridized carbons (Fsp3) is 0.105. The third kappa shape index (κ3) is 5.05. The molecule has 0 saturated carbocycles. The SMILES string of the molecule is O=C(CNC(=O)c1cccc(Br)c1)OCc1cc(=O)oc2cc(Br)ccc12. The van der Waals surface area contributed by atoms with Gasteiger partial charge in [0.2, 0.25) is 0 Å². The first-order valence-corrected chi connectivity index (χ1v) is 9.42. The molecule has 1 N–H and O–H groups in total. The molecular weight excluding hydrogens is 482 g/mol. The van der Waals surface area contributed by atoms with Crippen molar-refractivity contribution in [2.45, 2.75) is 6.61 Å². The molecule has 1 amide bonds. The number of hydrogen-bond donors (Lipinski definition) is 1. The second-order valence-corrected chi connectivity index (χ2v) is 7.42. The van der Waals surface area contributed by atoms with Gasteiger partial charge in [-0.25, -0.2) is 4.79 Å². The van der Waals surface area contributed by atoms with Crippen LogP contribution in [0.4, 0.5) is 0 Å². The minimum Gasteiger partial charge on any atom is -0.459 e. The van der Waals surface area contributed by atoms with Gasteiger partial charge in [0.15, 0.2) is 0 Å². The lowest BCUT2D eigenvalue weighted by Crippen LogP contribution is -2.30. The zero-order chi connectivity index (χ0) is 19.4. The van der Waals surface area contributed by atoms with Gasteiger partial charge in [-0.05, 0) is 36.4 Å². The monoisotopic (exact) mass is 493 g/mol. The van der Waals surface area contributed by atoms with Gasteiger partial charge < -0.3 is 14.5 Å². The average Bonchev–Trinajstić information content (AvgIpc) is 2.63. The highest BCUT2D eigenvalue weighted by atomic mass is 79.9. The van der Waals surface area contributed by atoms with Crippen molar-refractivity contribution in [1.29, 1.82) is 0 Å². The zero-order valence-electron chi connectivity index (χ0n) is 13.8. The van der Waals surface area contributed by atoms with Crippen LogP contribution in [0.25, 0.3) is 11.0 Å². The predicted molar refractivity (Wildman–Crippen MR) is 106 cm³/mol. The first-order chi connectivity index (χ1) is 12.9. The Hall–Kier alpha value is -2.45. The Morgan fingerprint density at radius 3 is 2.59 bits per heavy atom. The quantitative estimate of drug-likeness (QED) is 0.430. The van der Waals surface area contributed by atoms with E-state index in [0.717, 1.165) is 8.95 Å². The van der Waals surface area contributed by atoms with Crippen LogP contribution in [0.3, 0.4) is 0 Å². The Morgan fingerprint density at radius 2 is 1.81 bits per heavy atom. The van der Waals surface area contributed by atoms with Gasteiger partial charge >= 0.3 is 11.6 Å². The van der Waals surface area contributed by atoms with Gasteiger partial charge in [-0.15, -0.1) is 0 Å². The van der Waals surface area contributed by atoms with E-state index in [-0.39, 0.29) is 19.1 Å². The second-order valence-electron chi connectivity index (χ2n) is 5.58. The maximum absolute atomic E-state index is 12.0. The Bertz CT molecular complexity index is 1080. The molecule has 0 bridgehead atoms. The highest BCUT2D eigenvalue weighted by Gasteiger charge is 2.11. The number of rotatable bonds is 5. The number of nitrogens with one attached hydrogen (secondary N) is 1. The lowest BCUT2D eigenvalue weighted by atomic mass is 10.1. The molecule has 3 rings (SSSR count). The minimum absolute atomic E-state index is 0.102. The minimum atomic E-state index is -0.614.